The number of rotatable bonds is 5. The van der Waals surface area contributed by atoms with E-state index in [0.29, 0.717) is 0 Å². The maximum Gasteiger partial charge on any atom is 0.0558 e. The first-order valence-electron chi connectivity index (χ1n) is 5.27. The molecule has 0 saturated heterocycles. The van der Waals surface area contributed by atoms with Crippen LogP contribution < -0.4 is 5.73 Å². The highest BCUT2D eigenvalue weighted by Gasteiger charge is 2.31. The highest BCUT2D eigenvalue weighted by Crippen LogP contribution is 2.36. The summed E-state index contributed by atoms with van der Waals surface area (Å²) >= 11 is 0. The second-order valence-corrected chi connectivity index (χ2v) is 4.05. The number of allylic oxidation sites excluding steroid dienone is 2. The first kappa shape index (κ1) is 10.5. The van der Waals surface area contributed by atoms with Crippen molar-refractivity contribution in [3.05, 3.63) is 23.3 Å². The zero-order valence-corrected chi connectivity index (χ0v) is 9.06. The van der Waals surface area contributed by atoms with Crippen LogP contribution in [0.5, 0.6) is 0 Å². The highest BCUT2D eigenvalue weighted by molar-refractivity contribution is 5.42. The third-order valence-electron chi connectivity index (χ3n) is 2.89. The molecule has 0 aliphatic heterocycles. The van der Waals surface area contributed by atoms with E-state index in [4.69, 9.17) is 5.73 Å². The molecule has 0 radical (unpaired) electrons. The van der Waals surface area contributed by atoms with Gasteiger partial charge in [0.2, 0.25) is 0 Å². The lowest BCUT2D eigenvalue weighted by molar-refractivity contribution is 0.606. The molecule has 1 nitrogen and oxygen atoms in total. The van der Waals surface area contributed by atoms with Crippen LogP contribution in [-0.2, 0) is 0 Å². The summed E-state index contributed by atoms with van der Waals surface area (Å²) in [4.78, 5) is 0. The average molecular weight is 179 g/mol. The first-order chi connectivity index (χ1) is 6.12. The minimum atomic E-state index is -0.149. The van der Waals surface area contributed by atoms with E-state index in [1.165, 1.54) is 24.0 Å². The fourth-order valence-electron chi connectivity index (χ4n) is 1.75. The Morgan fingerprint density at radius 1 is 1.69 bits per heavy atom. The quantitative estimate of drug-likeness (QED) is 0.644. The molecular formula is C12H21N. The fraction of sp³-hybridized carbons (Fsp3) is 0.667. The minimum absolute atomic E-state index is 0.149. The third kappa shape index (κ3) is 2.44. The van der Waals surface area contributed by atoms with E-state index in [-0.39, 0.29) is 5.54 Å². The summed E-state index contributed by atoms with van der Waals surface area (Å²) in [6.07, 6.45) is 9.18. The van der Waals surface area contributed by atoms with Crippen molar-refractivity contribution in [1.29, 1.82) is 0 Å². The van der Waals surface area contributed by atoms with Crippen LogP contribution in [0.2, 0.25) is 0 Å². The molecule has 0 fully saturated rings. The Bertz CT molecular complexity index is 234. The zero-order valence-electron chi connectivity index (χ0n) is 9.06. The smallest absolute Gasteiger partial charge is 0.0558 e. The normalized spacial score (nSPS) is 20.9. The van der Waals surface area contributed by atoms with E-state index in [2.05, 4.69) is 32.9 Å². The van der Waals surface area contributed by atoms with E-state index < -0.39 is 0 Å². The van der Waals surface area contributed by atoms with E-state index in [0.717, 1.165) is 12.8 Å². The van der Waals surface area contributed by atoms with Crippen molar-refractivity contribution >= 4 is 0 Å². The predicted molar refractivity (Wildman–Crippen MR) is 58.6 cm³/mol. The van der Waals surface area contributed by atoms with E-state index in [9.17, 15) is 0 Å². The van der Waals surface area contributed by atoms with Gasteiger partial charge in [0.1, 0.15) is 0 Å². The molecule has 2 N–H and O–H groups in total. The maximum absolute atomic E-state index is 6.28. The van der Waals surface area contributed by atoms with E-state index in [1.807, 2.05) is 0 Å². The summed E-state index contributed by atoms with van der Waals surface area (Å²) < 4.78 is 0. The number of unbranched alkanes of at least 4 members (excludes halogenated alkanes) is 1. The Balaban J connectivity index is 2.60. The van der Waals surface area contributed by atoms with Gasteiger partial charge in [0.15, 0.2) is 0 Å². The molecule has 0 saturated carbocycles. The van der Waals surface area contributed by atoms with Crippen molar-refractivity contribution < 1.29 is 0 Å². The monoisotopic (exact) mass is 179 g/mol. The molecule has 0 aromatic heterocycles. The summed E-state index contributed by atoms with van der Waals surface area (Å²) in [7, 11) is 0. The molecule has 0 heterocycles. The second-order valence-electron chi connectivity index (χ2n) is 4.05. The van der Waals surface area contributed by atoms with Crippen LogP contribution in [0.15, 0.2) is 23.3 Å². The topological polar surface area (TPSA) is 26.0 Å². The molecule has 0 bridgehead atoms. The van der Waals surface area contributed by atoms with Gasteiger partial charge in [0.25, 0.3) is 0 Å². The third-order valence-corrected chi connectivity index (χ3v) is 2.89. The lowest BCUT2D eigenvalue weighted by Crippen LogP contribution is -2.37. The van der Waals surface area contributed by atoms with Crippen LogP contribution in [0.3, 0.4) is 0 Å². The van der Waals surface area contributed by atoms with Gasteiger partial charge in [-0.15, -0.1) is 0 Å². The van der Waals surface area contributed by atoms with Crippen molar-refractivity contribution in [2.45, 2.75) is 52.0 Å². The molecule has 74 valence electrons. The Labute approximate surface area is 81.7 Å². The SMILES string of the molecule is C/C=C(/CCCC)[C@](C)(N)C1=CC1. The molecule has 1 aliphatic carbocycles. The molecule has 0 spiro atoms. The number of hydrogen-bond donors (Lipinski definition) is 1. The first-order valence-corrected chi connectivity index (χ1v) is 5.27. The van der Waals surface area contributed by atoms with Gasteiger partial charge in [-0.05, 0) is 38.7 Å². The van der Waals surface area contributed by atoms with Gasteiger partial charge in [0, 0.05) is 0 Å². The summed E-state index contributed by atoms with van der Waals surface area (Å²) in [6, 6.07) is 0. The number of hydrogen-bond acceptors (Lipinski definition) is 1. The lowest BCUT2D eigenvalue weighted by atomic mass is 9.86. The van der Waals surface area contributed by atoms with Crippen molar-refractivity contribution in [2.24, 2.45) is 5.73 Å². The highest BCUT2D eigenvalue weighted by atomic mass is 14.7. The predicted octanol–water partition coefficient (Wildman–Crippen LogP) is 3.17. The van der Waals surface area contributed by atoms with Crippen molar-refractivity contribution in [2.75, 3.05) is 0 Å². The molecule has 0 aromatic rings. The molecule has 0 aromatic carbocycles. The summed E-state index contributed by atoms with van der Waals surface area (Å²) in [6.45, 7) is 6.45. The average Bonchev–Trinajstić information content (AvgIpc) is 2.87. The molecule has 1 atom stereocenters. The fourth-order valence-corrected chi connectivity index (χ4v) is 1.75. The Hall–Kier alpha value is -0.560. The Morgan fingerprint density at radius 2 is 2.31 bits per heavy atom. The Morgan fingerprint density at radius 3 is 2.69 bits per heavy atom. The van der Waals surface area contributed by atoms with Crippen molar-refractivity contribution in [1.82, 2.24) is 0 Å². The van der Waals surface area contributed by atoms with Crippen LogP contribution >= 0.6 is 0 Å². The summed E-state index contributed by atoms with van der Waals surface area (Å²) in [5.74, 6) is 0. The second kappa shape index (κ2) is 4.10. The van der Waals surface area contributed by atoms with Crippen LogP contribution in [0.25, 0.3) is 0 Å². The van der Waals surface area contributed by atoms with E-state index >= 15 is 0 Å². The van der Waals surface area contributed by atoms with Crippen LogP contribution in [0, 0.1) is 0 Å². The van der Waals surface area contributed by atoms with Crippen molar-refractivity contribution in [3.8, 4) is 0 Å². The maximum atomic E-state index is 6.28. The molecular weight excluding hydrogens is 158 g/mol. The van der Waals surface area contributed by atoms with Crippen LogP contribution in [0.4, 0.5) is 0 Å². The van der Waals surface area contributed by atoms with Gasteiger partial charge in [-0.2, -0.15) is 0 Å². The van der Waals surface area contributed by atoms with Gasteiger partial charge in [-0.25, -0.2) is 0 Å². The molecule has 1 rings (SSSR count). The van der Waals surface area contributed by atoms with Crippen molar-refractivity contribution in [3.63, 3.8) is 0 Å². The lowest BCUT2D eigenvalue weighted by Gasteiger charge is -2.26. The molecule has 1 aliphatic rings. The molecule has 1 heteroatoms. The van der Waals surface area contributed by atoms with E-state index in [1.54, 1.807) is 0 Å². The van der Waals surface area contributed by atoms with Gasteiger partial charge < -0.3 is 5.73 Å². The number of nitrogens with two attached hydrogens (primary N) is 1. The van der Waals surface area contributed by atoms with Gasteiger partial charge in [0.05, 0.1) is 5.54 Å². The summed E-state index contributed by atoms with van der Waals surface area (Å²) in [5, 5.41) is 0. The largest absolute Gasteiger partial charge is 0.318 e. The zero-order chi connectivity index (χ0) is 9.90. The minimum Gasteiger partial charge on any atom is -0.318 e. The summed E-state index contributed by atoms with van der Waals surface area (Å²) in [5.41, 5.74) is 8.95. The molecule has 0 amide bonds. The standard InChI is InChI=1S/C12H21N/c1-4-6-7-10(5-2)12(3,13)11-8-9-11/h5,8H,4,6-7,9,13H2,1-3H3/b10-5-/t12-/m0/s1. The molecule has 0 unspecified atom stereocenters. The van der Waals surface area contributed by atoms with Crippen LogP contribution in [-0.4, -0.2) is 5.54 Å². The van der Waals surface area contributed by atoms with Gasteiger partial charge in [-0.1, -0.05) is 31.1 Å². The van der Waals surface area contributed by atoms with Gasteiger partial charge >= 0.3 is 0 Å². The Kier molecular flexibility index (Phi) is 3.32. The molecule has 13 heavy (non-hydrogen) atoms. The van der Waals surface area contributed by atoms with Crippen LogP contribution in [0.1, 0.15) is 46.5 Å². The van der Waals surface area contributed by atoms with Gasteiger partial charge in [-0.3, -0.25) is 0 Å².